The van der Waals surface area contributed by atoms with Gasteiger partial charge in [0.1, 0.15) is 5.78 Å². The lowest BCUT2D eigenvalue weighted by atomic mass is 10.1. The minimum atomic E-state index is -3.08. The number of nitrogens with zero attached hydrogens (tertiary/aromatic N) is 1. The molecule has 0 aromatic rings. The van der Waals surface area contributed by atoms with Crippen LogP contribution in [0.5, 0.6) is 0 Å². The van der Waals surface area contributed by atoms with Gasteiger partial charge in [0.15, 0.2) is 0 Å². The maximum atomic E-state index is 12.0. The molecule has 5 heteroatoms. The molecule has 0 N–H and O–H groups in total. The number of Topliss-reactive ketones (excluding diaryl/α,β-unsaturated/α-hetero) is 1. The summed E-state index contributed by atoms with van der Waals surface area (Å²) in [6.45, 7) is 2.14. The molecule has 15 heavy (non-hydrogen) atoms. The third-order valence-electron chi connectivity index (χ3n) is 3.12. The van der Waals surface area contributed by atoms with Gasteiger partial charge in [-0.2, -0.15) is 4.31 Å². The fraction of sp³-hybridized carbons (Fsp3) is 0.900. The molecule has 86 valence electrons. The van der Waals surface area contributed by atoms with Crippen LogP contribution in [0.4, 0.5) is 0 Å². The number of carbonyl (C=O) groups excluding carboxylic acids is 1. The second-order valence-corrected chi connectivity index (χ2v) is 6.72. The van der Waals surface area contributed by atoms with Gasteiger partial charge in [-0.05, 0) is 32.6 Å². The van der Waals surface area contributed by atoms with Gasteiger partial charge in [0.2, 0.25) is 10.0 Å². The van der Waals surface area contributed by atoms with Gasteiger partial charge in [0.25, 0.3) is 0 Å². The van der Waals surface area contributed by atoms with E-state index in [-0.39, 0.29) is 17.1 Å². The SMILES string of the molecule is CC(=O)CC1CCCN1S(=O)(=O)C1CC1. The predicted octanol–water partition coefficient (Wildman–Crippen LogP) is 0.922. The van der Waals surface area contributed by atoms with Crippen molar-refractivity contribution >= 4 is 15.8 Å². The van der Waals surface area contributed by atoms with Crippen molar-refractivity contribution in [3.63, 3.8) is 0 Å². The molecule has 2 aliphatic rings. The first-order valence-corrected chi connectivity index (χ1v) is 7.02. The molecule has 0 bridgehead atoms. The second kappa shape index (κ2) is 3.87. The first-order chi connectivity index (χ1) is 7.01. The highest BCUT2D eigenvalue weighted by molar-refractivity contribution is 7.90. The number of rotatable bonds is 4. The minimum Gasteiger partial charge on any atom is -0.300 e. The molecule has 2 fully saturated rings. The molecule has 0 aromatic heterocycles. The van der Waals surface area contributed by atoms with Crippen LogP contribution in [-0.2, 0) is 14.8 Å². The van der Waals surface area contributed by atoms with Gasteiger partial charge in [-0.1, -0.05) is 0 Å². The third kappa shape index (κ3) is 2.23. The van der Waals surface area contributed by atoms with E-state index >= 15 is 0 Å². The number of ketones is 1. The zero-order valence-electron chi connectivity index (χ0n) is 8.98. The topological polar surface area (TPSA) is 54.5 Å². The van der Waals surface area contributed by atoms with Crippen molar-refractivity contribution in [2.45, 2.75) is 50.3 Å². The fourth-order valence-corrected chi connectivity index (χ4v) is 4.33. The Kier molecular flexibility index (Phi) is 2.85. The van der Waals surface area contributed by atoms with Crippen LogP contribution in [0.3, 0.4) is 0 Å². The van der Waals surface area contributed by atoms with E-state index < -0.39 is 10.0 Å². The summed E-state index contributed by atoms with van der Waals surface area (Å²) in [5.41, 5.74) is 0. The maximum Gasteiger partial charge on any atom is 0.217 e. The molecule has 0 amide bonds. The van der Waals surface area contributed by atoms with E-state index in [9.17, 15) is 13.2 Å². The van der Waals surface area contributed by atoms with E-state index in [2.05, 4.69) is 0 Å². The monoisotopic (exact) mass is 231 g/mol. The Morgan fingerprint density at radius 3 is 2.53 bits per heavy atom. The van der Waals surface area contributed by atoms with Gasteiger partial charge in [-0.3, -0.25) is 4.79 Å². The summed E-state index contributed by atoms with van der Waals surface area (Å²) >= 11 is 0. The largest absolute Gasteiger partial charge is 0.300 e. The van der Waals surface area contributed by atoms with Crippen molar-refractivity contribution in [1.29, 1.82) is 0 Å². The van der Waals surface area contributed by atoms with Crippen LogP contribution in [0.1, 0.15) is 39.0 Å². The smallest absolute Gasteiger partial charge is 0.217 e. The summed E-state index contributed by atoms with van der Waals surface area (Å²) in [4.78, 5) is 11.0. The minimum absolute atomic E-state index is 0.0619. The average molecular weight is 231 g/mol. The van der Waals surface area contributed by atoms with Gasteiger partial charge in [-0.25, -0.2) is 8.42 Å². The zero-order valence-corrected chi connectivity index (χ0v) is 9.79. The lowest BCUT2D eigenvalue weighted by Crippen LogP contribution is -2.38. The number of hydrogen-bond acceptors (Lipinski definition) is 3. The summed E-state index contributed by atoms with van der Waals surface area (Å²) in [5, 5.41) is -0.148. The number of sulfonamides is 1. The van der Waals surface area contributed by atoms with Gasteiger partial charge in [0, 0.05) is 19.0 Å². The third-order valence-corrected chi connectivity index (χ3v) is 5.57. The molecular weight excluding hydrogens is 214 g/mol. The van der Waals surface area contributed by atoms with Crippen molar-refractivity contribution in [1.82, 2.24) is 4.31 Å². The molecule has 4 nitrogen and oxygen atoms in total. The highest BCUT2D eigenvalue weighted by atomic mass is 32.2. The van der Waals surface area contributed by atoms with Crippen LogP contribution < -0.4 is 0 Å². The van der Waals surface area contributed by atoms with Gasteiger partial charge in [-0.15, -0.1) is 0 Å². The first kappa shape index (κ1) is 11.1. The van der Waals surface area contributed by atoms with E-state index in [1.54, 1.807) is 4.31 Å². The summed E-state index contributed by atoms with van der Waals surface area (Å²) in [6, 6.07) is -0.0619. The summed E-state index contributed by atoms with van der Waals surface area (Å²) in [5.74, 6) is 0.0814. The van der Waals surface area contributed by atoms with Gasteiger partial charge >= 0.3 is 0 Å². The van der Waals surface area contributed by atoms with Crippen molar-refractivity contribution in [3.05, 3.63) is 0 Å². The molecule has 2 rings (SSSR count). The van der Waals surface area contributed by atoms with E-state index in [4.69, 9.17) is 0 Å². The molecule has 0 aromatic carbocycles. The van der Waals surface area contributed by atoms with E-state index in [0.29, 0.717) is 13.0 Å². The van der Waals surface area contributed by atoms with Crippen LogP contribution in [0.15, 0.2) is 0 Å². The lowest BCUT2D eigenvalue weighted by Gasteiger charge is -2.23. The summed E-state index contributed by atoms with van der Waals surface area (Å²) in [7, 11) is -3.08. The molecule has 1 atom stereocenters. The zero-order chi connectivity index (χ0) is 11.1. The van der Waals surface area contributed by atoms with Crippen LogP contribution in [0.2, 0.25) is 0 Å². The van der Waals surface area contributed by atoms with Crippen LogP contribution in [-0.4, -0.2) is 36.3 Å². The average Bonchev–Trinajstić information content (AvgIpc) is 2.88. The molecule has 1 unspecified atom stereocenters. The molecule has 1 saturated heterocycles. The number of carbonyl (C=O) groups is 1. The summed E-state index contributed by atoms with van der Waals surface area (Å²) < 4.78 is 25.6. The fourth-order valence-electron chi connectivity index (χ4n) is 2.24. The Hall–Kier alpha value is -0.420. The molecule has 1 heterocycles. The Morgan fingerprint density at radius 1 is 1.33 bits per heavy atom. The summed E-state index contributed by atoms with van der Waals surface area (Å²) in [6.07, 6.45) is 3.71. The van der Waals surface area contributed by atoms with Crippen molar-refractivity contribution in [3.8, 4) is 0 Å². The van der Waals surface area contributed by atoms with E-state index in [1.165, 1.54) is 6.92 Å². The Balaban J connectivity index is 2.10. The van der Waals surface area contributed by atoms with Crippen LogP contribution in [0.25, 0.3) is 0 Å². The Morgan fingerprint density at radius 2 is 2.00 bits per heavy atom. The highest BCUT2D eigenvalue weighted by Crippen LogP contribution is 2.35. The van der Waals surface area contributed by atoms with E-state index in [0.717, 1.165) is 25.7 Å². The first-order valence-electron chi connectivity index (χ1n) is 5.52. The molecule has 0 radical (unpaired) electrons. The van der Waals surface area contributed by atoms with E-state index in [1.807, 2.05) is 0 Å². The standard InChI is InChI=1S/C10H17NO3S/c1-8(12)7-9-3-2-6-11(9)15(13,14)10-4-5-10/h9-10H,2-7H2,1H3. The maximum absolute atomic E-state index is 12.0. The normalized spacial score (nSPS) is 28.2. The molecule has 1 saturated carbocycles. The van der Waals surface area contributed by atoms with Gasteiger partial charge in [0.05, 0.1) is 5.25 Å². The van der Waals surface area contributed by atoms with Gasteiger partial charge < -0.3 is 0 Å². The molecule has 1 aliphatic heterocycles. The van der Waals surface area contributed by atoms with Crippen LogP contribution >= 0.6 is 0 Å². The quantitative estimate of drug-likeness (QED) is 0.723. The molecule has 1 aliphatic carbocycles. The van der Waals surface area contributed by atoms with Crippen molar-refractivity contribution < 1.29 is 13.2 Å². The number of hydrogen-bond donors (Lipinski definition) is 0. The Labute approximate surface area is 90.7 Å². The second-order valence-electron chi connectivity index (χ2n) is 4.56. The Bertz CT molecular complexity index is 359. The van der Waals surface area contributed by atoms with Crippen molar-refractivity contribution in [2.24, 2.45) is 0 Å². The highest BCUT2D eigenvalue weighted by Gasteiger charge is 2.44. The predicted molar refractivity (Wildman–Crippen MR) is 57.0 cm³/mol. The lowest BCUT2D eigenvalue weighted by molar-refractivity contribution is -0.117. The van der Waals surface area contributed by atoms with Crippen molar-refractivity contribution in [2.75, 3.05) is 6.54 Å². The van der Waals surface area contributed by atoms with Crippen LogP contribution in [0, 0.1) is 0 Å². The molecular formula is C10H17NO3S. The molecule has 0 spiro atoms.